The first-order chi connectivity index (χ1) is 7.22. The predicted octanol–water partition coefficient (Wildman–Crippen LogP) is 1.43. The van der Waals surface area contributed by atoms with Crippen LogP contribution in [-0.2, 0) is 6.67 Å². The molecule has 82 valence electrons. The highest BCUT2D eigenvalue weighted by Crippen LogP contribution is 2.31. The Morgan fingerprint density at radius 1 is 1.47 bits per heavy atom. The predicted molar refractivity (Wildman–Crippen MR) is 55.8 cm³/mol. The van der Waals surface area contributed by atoms with Crippen LogP contribution < -0.4 is 4.90 Å². The van der Waals surface area contributed by atoms with E-state index in [4.69, 9.17) is 0 Å². The van der Waals surface area contributed by atoms with Crippen LogP contribution in [0.4, 0.5) is 10.1 Å². The second-order valence-corrected chi connectivity index (χ2v) is 3.80. The number of hydrogen-bond donors (Lipinski definition) is 2. The number of nitrogens with zero attached hydrogens (tertiary/aromatic N) is 1. The largest absolute Gasteiger partial charge is 0.507 e. The molecule has 0 aromatic heterocycles. The summed E-state index contributed by atoms with van der Waals surface area (Å²) in [4.78, 5) is 1.90. The molecule has 4 heteroatoms. The molecule has 0 radical (unpaired) electrons. The summed E-state index contributed by atoms with van der Waals surface area (Å²) in [6, 6.07) is 4.94. The molecule has 1 atom stereocenters. The fourth-order valence-electron chi connectivity index (χ4n) is 1.96. The first-order valence-corrected chi connectivity index (χ1v) is 5.02. The molecule has 0 bridgehead atoms. The van der Waals surface area contributed by atoms with Crippen LogP contribution in [-0.4, -0.2) is 29.4 Å². The van der Waals surface area contributed by atoms with Crippen molar-refractivity contribution in [3.8, 4) is 5.75 Å². The van der Waals surface area contributed by atoms with Gasteiger partial charge in [-0.1, -0.05) is 6.07 Å². The summed E-state index contributed by atoms with van der Waals surface area (Å²) in [5, 5.41) is 18.9. The lowest BCUT2D eigenvalue weighted by molar-refractivity contribution is 0.198. The molecule has 15 heavy (non-hydrogen) atoms. The van der Waals surface area contributed by atoms with E-state index in [1.807, 2.05) is 4.90 Å². The van der Waals surface area contributed by atoms with Crippen LogP contribution in [0.3, 0.4) is 0 Å². The summed E-state index contributed by atoms with van der Waals surface area (Å²) in [6.45, 7) is 0.530. The number of phenols is 1. The van der Waals surface area contributed by atoms with E-state index in [9.17, 15) is 14.6 Å². The van der Waals surface area contributed by atoms with Gasteiger partial charge in [0.1, 0.15) is 12.4 Å². The second-order valence-electron chi connectivity index (χ2n) is 3.80. The summed E-state index contributed by atoms with van der Waals surface area (Å²) >= 11 is 0. The zero-order chi connectivity index (χ0) is 10.8. The molecule has 2 N–H and O–H groups in total. The van der Waals surface area contributed by atoms with Crippen molar-refractivity contribution in [2.45, 2.75) is 19.2 Å². The molecule has 1 aliphatic rings. The van der Waals surface area contributed by atoms with E-state index in [1.165, 1.54) is 6.07 Å². The third-order valence-electron chi connectivity index (χ3n) is 2.76. The van der Waals surface area contributed by atoms with E-state index < -0.39 is 6.67 Å². The minimum Gasteiger partial charge on any atom is -0.507 e. The number of rotatable bonds is 2. The smallest absolute Gasteiger partial charge is 0.123 e. The van der Waals surface area contributed by atoms with E-state index in [0.717, 1.165) is 0 Å². The lowest BCUT2D eigenvalue weighted by atomic mass is 10.1. The number of anilines is 1. The Balaban J connectivity index is 2.31. The minimum atomic E-state index is -0.686. The third-order valence-corrected chi connectivity index (χ3v) is 2.76. The Kier molecular flexibility index (Phi) is 2.77. The Hall–Kier alpha value is -1.29. The van der Waals surface area contributed by atoms with Gasteiger partial charge in [0.05, 0.1) is 6.10 Å². The van der Waals surface area contributed by atoms with Crippen molar-refractivity contribution in [1.82, 2.24) is 0 Å². The summed E-state index contributed by atoms with van der Waals surface area (Å²) in [7, 11) is 0. The molecule has 2 rings (SSSR count). The average Bonchev–Trinajstić information content (AvgIpc) is 2.64. The monoisotopic (exact) mass is 211 g/mol. The minimum absolute atomic E-state index is 0.0172. The van der Waals surface area contributed by atoms with Crippen LogP contribution in [0.15, 0.2) is 18.2 Å². The number of aliphatic hydroxyl groups excluding tert-OH is 1. The first kappa shape index (κ1) is 10.2. The molecule has 1 saturated heterocycles. The fourth-order valence-corrected chi connectivity index (χ4v) is 1.96. The van der Waals surface area contributed by atoms with Crippen molar-refractivity contribution in [2.24, 2.45) is 0 Å². The zero-order valence-corrected chi connectivity index (χ0v) is 8.36. The van der Waals surface area contributed by atoms with Crippen LogP contribution in [0.2, 0.25) is 0 Å². The van der Waals surface area contributed by atoms with E-state index in [0.29, 0.717) is 30.8 Å². The molecule has 1 aliphatic heterocycles. The normalized spacial score (nSPS) is 20.9. The molecule has 1 unspecified atom stereocenters. The Morgan fingerprint density at radius 2 is 2.27 bits per heavy atom. The van der Waals surface area contributed by atoms with Crippen LogP contribution >= 0.6 is 0 Å². The van der Waals surface area contributed by atoms with Crippen molar-refractivity contribution < 1.29 is 14.6 Å². The van der Waals surface area contributed by atoms with Gasteiger partial charge in [0.15, 0.2) is 0 Å². The number of alkyl halides is 1. The number of hydrogen-bond acceptors (Lipinski definition) is 3. The quantitative estimate of drug-likeness (QED) is 0.777. The summed E-state index contributed by atoms with van der Waals surface area (Å²) < 4.78 is 12.7. The molecular formula is C11H14FNO2. The molecule has 0 aliphatic carbocycles. The molecule has 0 spiro atoms. The van der Waals surface area contributed by atoms with Crippen molar-refractivity contribution in [3.05, 3.63) is 23.8 Å². The van der Waals surface area contributed by atoms with Crippen molar-refractivity contribution in [1.29, 1.82) is 0 Å². The van der Waals surface area contributed by atoms with Gasteiger partial charge in [-0.3, -0.25) is 0 Å². The molecule has 1 heterocycles. The maximum absolute atomic E-state index is 12.7. The van der Waals surface area contributed by atoms with Gasteiger partial charge in [0.2, 0.25) is 0 Å². The van der Waals surface area contributed by atoms with Gasteiger partial charge in [-0.25, -0.2) is 4.39 Å². The van der Waals surface area contributed by atoms with E-state index in [2.05, 4.69) is 0 Å². The highest BCUT2D eigenvalue weighted by atomic mass is 19.1. The van der Waals surface area contributed by atoms with E-state index >= 15 is 0 Å². The molecule has 0 saturated carbocycles. The molecule has 0 amide bonds. The number of aliphatic hydroxyl groups is 1. The molecule has 3 nitrogen and oxygen atoms in total. The summed E-state index contributed by atoms with van der Waals surface area (Å²) in [6.07, 6.45) is 0.348. The van der Waals surface area contributed by atoms with E-state index in [1.54, 1.807) is 12.1 Å². The van der Waals surface area contributed by atoms with Crippen LogP contribution in [0.5, 0.6) is 5.75 Å². The summed E-state index contributed by atoms with van der Waals surface area (Å²) in [5.41, 5.74) is 1.00. The van der Waals surface area contributed by atoms with Crippen LogP contribution in [0.1, 0.15) is 12.0 Å². The van der Waals surface area contributed by atoms with Gasteiger partial charge >= 0.3 is 0 Å². The highest BCUT2D eigenvalue weighted by molar-refractivity contribution is 5.59. The highest BCUT2D eigenvalue weighted by Gasteiger charge is 2.23. The van der Waals surface area contributed by atoms with E-state index in [-0.39, 0.29) is 11.9 Å². The number of halogens is 1. The maximum Gasteiger partial charge on any atom is 0.123 e. The second kappa shape index (κ2) is 4.06. The van der Waals surface area contributed by atoms with Crippen molar-refractivity contribution in [2.75, 3.05) is 18.0 Å². The topological polar surface area (TPSA) is 43.7 Å². The zero-order valence-electron chi connectivity index (χ0n) is 8.36. The maximum atomic E-state index is 12.7. The number of benzene rings is 1. The fraction of sp³-hybridized carbons (Fsp3) is 0.455. The number of aromatic hydroxyl groups is 1. The lowest BCUT2D eigenvalue weighted by Gasteiger charge is -2.20. The van der Waals surface area contributed by atoms with Crippen LogP contribution in [0, 0.1) is 0 Å². The Bertz CT molecular complexity index is 356. The van der Waals surface area contributed by atoms with Crippen LogP contribution in [0.25, 0.3) is 0 Å². The first-order valence-electron chi connectivity index (χ1n) is 5.02. The standard InChI is InChI=1S/C11H14FNO2/c12-6-9-10(2-1-3-11(9)15)13-5-4-8(14)7-13/h1-3,8,14-15H,4-7H2. The van der Waals surface area contributed by atoms with Gasteiger partial charge in [-0.15, -0.1) is 0 Å². The van der Waals surface area contributed by atoms with Crippen molar-refractivity contribution >= 4 is 5.69 Å². The SMILES string of the molecule is Oc1cccc(N2CCC(O)C2)c1CF. The van der Waals surface area contributed by atoms with Gasteiger partial charge < -0.3 is 15.1 Å². The lowest BCUT2D eigenvalue weighted by Crippen LogP contribution is -2.22. The number of phenolic OH excluding ortho intramolecular Hbond substituents is 1. The van der Waals surface area contributed by atoms with Gasteiger partial charge in [-0.05, 0) is 18.6 Å². The van der Waals surface area contributed by atoms with Crippen molar-refractivity contribution in [3.63, 3.8) is 0 Å². The number of β-amino-alcohol motifs (C(OH)–C–C–N with tert-alkyl or cyclic N) is 1. The van der Waals surface area contributed by atoms with Gasteiger partial charge in [0, 0.05) is 24.3 Å². The third kappa shape index (κ3) is 1.90. The Labute approximate surface area is 87.8 Å². The summed E-state index contributed by atoms with van der Waals surface area (Å²) in [5.74, 6) is -0.0172. The Morgan fingerprint density at radius 3 is 2.87 bits per heavy atom. The average molecular weight is 211 g/mol. The van der Waals surface area contributed by atoms with Gasteiger partial charge in [-0.2, -0.15) is 0 Å². The molecular weight excluding hydrogens is 197 g/mol. The molecule has 1 aromatic carbocycles. The molecule has 1 fully saturated rings. The van der Waals surface area contributed by atoms with Gasteiger partial charge in [0.25, 0.3) is 0 Å². The molecule has 1 aromatic rings.